The van der Waals surface area contributed by atoms with Gasteiger partial charge >= 0.3 is 0 Å². The Morgan fingerprint density at radius 3 is 2.64 bits per heavy atom. The highest BCUT2D eigenvalue weighted by molar-refractivity contribution is 7.81. The van der Waals surface area contributed by atoms with Crippen LogP contribution in [0.25, 0.3) is 0 Å². The minimum absolute atomic E-state index is 0.0314. The molecule has 2 aliphatic heterocycles. The molecule has 1 amide bonds. The van der Waals surface area contributed by atoms with E-state index in [0.717, 1.165) is 0 Å². The summed E-state index contributed by atoms with van der Waals surface area (Å²) in [6.07, 6.45) is 6.29. The van der Waals surface area contributed by atoms with Gasteiger partial charge in [-0.1, -0.05) is 61.5 Å². The van der Waals surface area contributed by atoms with Crippen LogP contribution in [0.3, 0.4) is 0 Å². The largest absolute Gasteiger partial charge is 0.502 e. The second-order valence-electron chi connectivity index (χ2n) is 8.77. The van der Waals surface area contributed by atoms with Crippen molar-refractivity contribution in [3.63, 3.8) is 0 Å². The van der Waals surface area contributed by atoms with Crippen molar-refractivity contribution >= 4 is 18.5 Å². The Labute approximate surface area is 213 Å². The van der Waals surface area contributed by atoms with Gasteiger partial charge < -0.3 is 14.7 Å². The molecule has 7 nitrogen and oxygen atoms in total. The van der Waals surface area contributed by atoms with E-state index in [0.29, 0.717) is 24.0 Å². The van der Waals surface area contributed by atoms with E-state index in [2.05, 4.69) is 0 Å². The van der Waals surface area contributed by atoms with E-state index in [1.54, 1.807) is 28.1 Å². The molecule has 2 bridgehead atoms. The Morgan fingerprint density at radius 2 is 1.89 bits per heavy atom. The minimum atomic E-state index is -1.37. The quantitative estimate of drug-likeness (QED) is 0.405. The SMILES string of the molecule is CC[C@@H]1C/C=C/COc2c(F)cccc2[C@@](S)(c2ccccc2)N2CN1C(=O)c1c(O)c(=O)ccn12. The van der Waals surface area contributed by atoms with Gasteiger partial charge in [0.2, 0.25) is 5.43 Å². The molecule has 36 heavy (non-hydrogen) atoms. The highest BCUT2D eigenvalue weighted by Crippen LogP contribution is 2.45. The highest BCUT2D eigenvalue weighted by Gasteiger charge is 2.47. The predicted octanol–water partition coefficient (Wildman–Crippen LogP) is 3.99. The average Bonchev–Trinajstić information content (AvgIpc) is 2.89. The second kappa shape index (κ2) is 9.39. The fourth-order valence-electron chi connectivity index (χ4n) is 4.88. The molecule has 0 spiro atoms. The van der Waals surface area contributed by atoms with Gasteiger partial charge in [-0.25, -0.2) is 4.39 Å². The first-order valence-electron chi connectivity index (χ1n) is 11.8. The van der Waals surface area contributed by atoms with Crippen molar-refractivity contribution in [3.05, 3.63) is 106 Å². The van der Waals surface area contributed by atoms with Crippen molar-refractivity contribution in [3.8, 4) is 11.5 Å². The van der Waals surface area contributed by atoms with Crippen molar-refractivity contribution in [2.75, 3.05) is 18.3 Å². The Kier molecular flexibility index (Phi) is 6.26. The summed E-state index contributed by atoms with van der Waals surface area (Å²) in [6.45, 7) is 2.18. The summed E-state index contributed by atoms with van der Waals surface area (Å²) in [5, 5.41) is 12.5. The third-order valence-electron chi connectivity index (χ3n) is 6.77. The molecule has 0 radical (unpaired) electrons. The third-order valence-corrected chi connectivity index (χ3v) is 7.50. The van der Waals surface area contributed by atoms with E-state index >= 15 is 4.39 Å². The highest BCUT2D eigenvalue weighted by atomic mass is 32.1. The number of carbonyl (C=O) groups excluding carboxylic acids is 1. The van der Waals surface area contributed by atoms with E-state index < -0.39 is 27.8 Å². The molecular formula is C27H26FN3O4S. The van der Waals surface area contributed by atoms with Crippen LogP contribution in [0.2, 0.25) is 0 Å². The molecule has 0 unspecified atom stereocenters. The third kappa shape index (κ3) is 3.74. The number of hydrogen-bond acceptors (Lipinski definition) is 6. The van der Waals surface area contributed by atoms with Crippen LogP contribution in [-0.2, 0) is 4.87 Å². The number of carbonyl (C=O) groups is 1. The predicted molar refractivity (Wildman–Crippen MR) is 138 cm³/mol. The Bertz CT molecular complexity index is 1390. The number of para-hydroxylation sites is 1. The normalized spacial score (nSPS) is 22.5. The van der Waals surface area contributed by atoms with Gasteiger partial charge in [-0.15, -0.1) is 12.6 Å². The van der Waals surface area contributed by atoms with E-state index in [-0.39, 0.29) is 30.8 Å². The molecule has 0 saturated heterocycles. The number of fused-ring (bicyclic) bond motifs is 5. The Balaban J connectivity index is 1.87. The van der Waals surface area contributed by atoms with Crippen molar-refractivity contribution in [1.82, 2.24) is 9.58 Å². The van der Waals surface area contributed by atoms with Gasteiger partial charge in [-0.2, -0.15) is 0 Å². The first-order chi connectivity index (χ1) is 17.4. The number of hydrogen-bond donors (Lipinski definition) is 2. The number of amides is 1. The number of pyridine rings is 1. The molecule has 1 N–H and O–H groups in total. The maximum Gasteiger partial charge on any atom is 0.278 e. The molecule has 0 aliphatic carbocycles. The van der Waals surface area contributed by atoms with E-state index in [1.807, 2.05) is 43.3 Å². The zero-order chi connectivity index (χ0) is 25.4. The fourth-order valence-corrected chi connectivity index (χ4v) is 5.37. The van der Waals surface area contributed by atoms with Gasteiger partial charge in [0.1, 0.15) is 13.3 Å². The van der Waals surface area contributed by atoms with Gasteiger partial charge in [0, 0.05) is 23.9 Å². The van der Waals surface area contributed by atoms with Crippen molar-refractivity contribution in [1.29, 1.82) is 0 Å². The fraction of sp³-hybridized carbons (Fsp3) is 0.259. The number of rotatable bonds is 2. The second-order valence-corrected chi connectivity index (χ2v) is 9.42. The van der Waals surface area contributed by atoms with Gasteiger partial charge in [-0.05, 0) is 24.5 Å². The molecular weight excluding hydrogens is 481 g/mol. The summed E-state index contributed by atoms with van der Waals surface area (Å²) in [6, 6.07) is 14.9. The van der Waals surface area contributed by atoms with Crippen LogP contribution in [0.1, 0.15) is 41.4 Å². The number of aromatic hydroxyl groups is 1. The maximum absolute atomic E-state index is 15.2. The van der Waals surface area contributed by atoms with Crippen molar-refractivity contribution < 1.29 is 19.0 Å². The summed E-state index contributed by atoms with van der Waals surface area (Å²) < 4.78 is 22.6. The lowest BCUT2D eigenvalue weighted by Gasteiger charge is -2.50. The van der Waals surface area contributed by atoms with Crippen LogP contribution in [-0.4, -0.2) is 39.9 Å². The Morgan fingerprint density at radius 1 is 1.11 bits per heavy atom. The molecule has 3 heterocycles. The summed E-state index contributed by atoms with van der Waals surface area (Å²) in [5.74, 6) is -1.62. The molecule has 0 fully saturated rings. The lowest BCUT2D eigenvalue weighted by molar-refractivity contribution is 0.0578. The number of ether oxygens (including phenoxy) is 1. The van der Waals surface area contributed by atoms with Crippen molar-refractivity contribution in [2.24, 2.45) is 0 Å². The number of thiol groups is 1. The number of nitrogens with zero attached hydrogens (tertiary/aromatic N) is 3. The minimum Gasteiger partial charge on any atom is -0.502 e. The van der Waals surface area contributed by atoms with Crippen LogP contribution in [0.4, 0.5) is 4.39 Å². The Hall–Kier alpha value is -3.72. The zero-order valence-corrected chi connectivity index (χ0v) is 20.6. The molecule has 2 atom stereocenters. The number of halogens is 1. The molecule has 3 aromatic rings. The first-order valence-corrected chi connectivity index (χ1v) is 12.2. The lowest BCUT2D eigenvalue weighted by atomic mass is 9.95. The van der Waals surface area contributed by atoms with Crippen LogP contribution in [0, 0.1) is 5.82 Å². The van der Waals surface area contributed by atoms with Crippen LogP contribution in [0.15, 0.2) is 77.7 Å². The summed E-state index contributed by atoms with van der Waals surface area (Å²) >= 11 is 5.19. The van der Waals surface area contributed by atoms with E-state index in [4.69, 9.17) is 17.4 Å². The molecule has 2 aliphatic rings. The number of aromatic nitrogens is 1. The van der Waals surface area contributed by atoms with Gasteiger partial charge in [0.05, 0.1) is 0 Å². The summed E-state index contributed by atoms with van der Waals surface area (Å²) in [5.41, 5.74) is 0.270. The number of benzene rings is 2. The van der Waals surface area contributed by atoms with Crippen molar-refractivity contribution in [2.45, 2.75) is 30.7 Å². The summed E-state index contributed by atoms with van der Waals surface area (Å²) in [7, 11) is 0. The smallest absolute Gasteiger partial charge is 0.278 e. The van der Waals surface area contributed by atoms with Crippen LogP contribution < -0.4 is 15.2 Å². The van der Waals surface area contributed by atoms with E-state index in [9.17, 15) is 14.7 Å². The van der Waals surface area contributed by atoms with E-state index in [1.165, 1.54) is 23.0 Å². The molecule has 2 aromatic carbocycles. The standard InChI is InChI=1S/C27H26FN3O4S/c1-2-19-11-6-7-16-35-25-20(12-8-13-21(25)28)27(36,18-9-4-3-5-10-18)31-17-29(19)26(34)23-24(33)22(32)14-15-30(23)31/h3-10,12-15,19,33,36H,2,11,16-17H2,1H3/b7-6+/t19-,27+/m1/s1. The van der Waals surface area contributed by atoms with Crippen LogP contribution in [0.5, 0.6) is 11.5 Å². The van der Waals surface area contributed by atoms with Gasteiger partial charge in [-0.3, -0.25) is 19.3 Å². The maximum atomic E-state index is 15.2. The monoisotopic (exact) mass is 507 g/mol. The molecule has 1 aromatic heterocycles. The average molecular weight is 508 g/mol. The molecule has 186 valence electrons. The van der Waals surface area contributed by atoms with Gasteiger partial charge in [0.15, 0.2) is 27.9 Å². The first kappa shape index (κ1) is 24.0. The topological polar surface area (TPSA) is 75.0 Å². The molecule has 9 heteroatoms. The summed E-state index contributed by atoms with van der Waals surface area (Å²) in [4.78, 5) is 26.4. The van der Waals surface area contributed by atoms with Crippen LogP contribution >= 0.6 is 12.6 Å². The zero-order valence-electron chi connectivity index (χ0n) is 19.7. The molecule has 0 saturated carbocycles. The molecule has 5 rings (SSSR count). The lowest BCUT2D eigenvalue weighted by Crippen LogP contribution is -2.62. The van der Waals surface area contributed by atoms with Gasteiger partial charge in [0.25, 0.3) is 5.91 Å².